The van der Waals surface area contributed by atoms with Gasteiger partial charge in [0.1, 0.15) is 0 Å². The van der Waals surface area contributed by atoms with Gasteiger partial charge < -0.3 is 10.2 Å². The molecule has 20 heavy (non-hydrogen) atoms. The molecule has 0 spiro atoms. The monoisotopic (exact) mass is 280 g/mol. The minimum absolute atomic E-state index is 0.235. The van der Waals surface area contributed by atoms with Gasteiger partial charge in [0.15, 0.2) is 0 Å². The molecule has 0 aliphatic heterocycles. The van der Waals surface area contributed by atoms with Crippen molar-refractivity contribution in [3.05, 3.63) is 36.5 Å². The number of hydrogen-bond acceptors (Lipinski definition) is 2. The van der Waals surface area contributed by atoms with Crippen LogP contribution in [-0.2, 0) is 4.79 Å². The van der Waals surface area contributed by atoms with E-state index in [1.807, 2.05) is 36.5 Å². The van der Waals surface area contributed by atoms with Crippen molar-refractivity contribution in [1.29, 1.82) is 0 Å². The van der Waals surface area contributed by atoms with Crippen LogP contribution in [-0.4, -0.2) is 22.3 Å². The largest absolute Gasteiger partial charge is 0.481 e. The summed E-state index contributed by atoms with van der Waals surface area (Å²) >= 11 is 0. The van der Waals surface area contributed by atoms with Crippen molar-refractivity contribution < 1.29 is 15.0 Å². The SMILES string of the molecule is CCCCCC(O)/C=C/C=CCC=CCCCC(=O)O. The van der Waals surface area contributed by atoms with Crippen LogP contribution in [0.5, 0.6) is 0 Å². The van der Waals surface area contributed by atoms with Gasteiger partial charge in [-0.2, -0.15) is 0 Å². The summed E-state index contributed by atoms with van der Waals surface area (Å²) < 4.78 is 0. The normalized spacial score (nSPS) is 13.7. The molecule has 0 fully saturated rings. The van der Waals surface area contributed by atoms with Gasteiger partial charge in [-0.3, -0.25) is 4.79 Å². The van der Waals surface area contributed by atoms with E-state index in [9.17, 15) is 9.90 Å². The molecule has 0 aromatic rings. The van der Waals surface area contributed by atoms with Gasteiger partial charge in [-0.1, -0.05) is 62.6 Å². The Kier molecular flexibility index (Phi) is 13.1. The number of aliphatic hydroxyl groups is 1. The first-order valence-corrected chi connectivity index (χ1v) is 7.55. The molecule has 114 valence electrons. The van der Waals surface area contributed by atoms with Gasteiger partial charge in [-0.15, -0.1) is 0 Å². The summed E-state index contributed by atoms with van der Waals surface area (Å²) in [6, 6.07) is 0. The van der Waals surface area contributed by atoms with E-state index in [2.05, 4.69) is 6.92 Å². The quantitative estimate of drug-likeness (QED) is 0.319. The molecule has 0 bridgehead atoms. The molecule has 1 unspecified atom stereocenters. The third kappa shape index (κ3) is 14.7. The highest BCUT2D eigenvalue weighted by atomic mass is 16.4. The van der Waals surface area contributed by atoms with Gasteiger partial charge in [-0.05, 0) is 25.7 Å². The molecule has 0 aromatic carbocycles. The highest BCUT2D eigenvalue weighted by Crippen LogP contribution is 2.04. The van der Waals surface area contributed by atoms with E-state index in [-0.39, 0.29) is 12.5 Å². The number of carboxylic acids is 1. The van der Waals surface area contributed by atoms with Gasteiger partial charge in [-0.25, -0.2) is 0 Å². The third-order valence-corrected chi connectivity index (χ3v) is 2.88. The summed E-state index contributed by atoms with van der Waals surface area (Å²) in [6.07, 6.45) is 18.2. The van der Waals surface area contributed by atoms with Crippen LogP contribution >= 0.6 is 0 Å². The predicted molar refractivity (Wildman–Crippen MR) is 83.7 cm³/mol. The zero-order valence-corrected chi connectivity index (χ0v) is 12.5. The lowest BCUT2D eigenvalue weighted by Crippen LogP contribution is -2.00. The molecule has 0 aliphatic carbocycles. The first-order valence-electron chi connectivity index (χ1n) is 7.55. The lowest BCUT2D eigenvalue weighted by Gasteiger charge is -2.02. The van der Waals surface area contributed by atoms with Crippen LogP contribution in [0, 0.1) is 0 Å². The standard InChI is InChI=1S/C17H28O3/c1-2-3-10-13-16(18)14-11-8-6-4-5-7-9-12-15-17(19)20/h5-8,11,14,16,18H,2-4,9-10,12-13,15H2,1H3,(H,19,20)/b7-5?,8-6?,14-11+. The topological polar surface area (TPSA) is 57.5 Å². The maximum Gasteiger partial charge on any atom is 0.303 e. The second kappa shape index (κ2) is 14.1. The fourth-order valence-electron chi connectivity index (χ4n) is 1.71. The van der Waals surface area contributed by atoms with Crippen molar-refractivity contribution in [3.63, 3.8) is 0 Å². The average molecular weight is 280 g/mol. The van der Waals surface area contributed by atoms with Gasteiger partial charge >= 0.3 is 5.97 Å². The lowest BCUT2D eigenvalue weighted by molar-refractivity contribution is -0.137. The van der Waals surface area contributed by atoms with Crippen LogP contribution in [0.2, 0.25) is 0 Å². The average Bonchev–Trinajstić information content (AvgIpc) is 2.41. The molecular formula is C17H28O3. The summed E-state index contributed by atoms with van der Waals surface area (Å²) in [4.78, 5) is 10.3. The van der Waals surface area contributed by atoms with E-state index in [0.717, 1.165) is 25.7 Å². The highest BCUT2D eigenvalue weighted by Gasteiger charge is 1.96. The Morgan fingerprint density at radius 3 is 2.60 bits per heavy atom. The van der Waals surface area contributed by atoms with E-state index in [1.165, 1.54) is 12.8 Å². The van der Waals surface area contributed by atoms with Crippen LogP contribution in [0.25, 0.3) is 0 Å². The van der Waals surface area contributed by atoms with Crippen molar-refractivity contribution in [3.8, 4) is 0 Å². The molecule has 0 heterocycles. The van der Waals surface area contributed by atoms with Crippen molar-refractivity contribution in [1.82, 2.24) is 0 Å². The van der Waals surface area contributed by atoms with Gasteiger partial charge in [0.2, 0.25) is 0 Å². The van der Waals surface area contributed by atoms with Gasteiger partial charge in [0.25, 0.3) is 0 Å². The summed E-state index contributed by atoms with van der Waals surface area (Å²) in [6.45, 7) is 2.15. The number of allylic oxidation sites excluding steroid dienone is 5. The Balaban J connectivity index is 3.54. The molecule has 0 saturated carbocycles. The maximum absolute atomic E-state index is 10.3. The fraction of sp³-hybridized carbons (Fsp3) is 0.588. The Morgan fingerprint density at radius 1 is 1.10 bits per heavy atom. The predicted octanol–water partition coefficient (Wildman–Crippen LogP) is 4.24. The van der Waals surface area contributed by atoms with Gasteiger partial charge in [0.05, 0.1) is 6.10 Å². The Bertz CT molecular complexity index is 316. The molecule has 3 nitrogen and oxygen atoms in total. The summed E-state index contributed by atoms with van der Waals surface area (Å²) in [7, 11) is 0. The Morgan fingerprint density at radius 2 is 1.90 bits per heavy atom. The van der Waals surface area contributed by atoms with Crippen molar-refractivity contribution >= 4 is 5.97 Å². The number of carbonyl (C=O) groups is 1. The van der Waals surface area contributed by atoms with Crippen LogP contribution in [0.3, 0.4) is 0 Å². The lowest BCUT2D eigenvalue weighted by atomic mass is 10.1. The first kappa shape index (κ1) is 18.7. The molecule has 0 aliphatic rings. The highest BCUT2D eigenvalue weighted by molar-refractivity contribution is 5.66. The molecule has 0 radical (unpaired) electrons. The van der Waals surface area contributed by atoms with Crippen LogP contribution in [0.1, 0.15) is 58.3 Å². The number of unbranched alkanes of at least 4 members (excludes halogenated alkanes) is 3. The molecule has 2 N–H and O–H groups in total. The molecule has 0 aromatic heterocycles. The molecule has 0 amide bonds. The van der Waals surface area contributed by atoms with E-state index < -0.39 is 5.97 Å². The fourth-order valence-corrected chi connectivity index (χ4v) is 1.71. The number of aliphatic hydroxyl groups excluding tert-OH is 1. The maximum atomic E-state index is 10.3. The first-order chi connectivity index (χ1) is 9.66. The molecule has 1 atom stereocenters. The van der Waals surface area contributed by atoms with Crippen molar-refractivity contribution in [2.24, 2.45) is 0 Å². The molecule has 0 rings (SSSR count). The van der Waals surface area contributed by atoms with Crippen LogP contribution in [0.15, 0.2) is 36.5 Å². The minimum atomic E-state index is -0.735. The minimum Gasteiger partial charge on any atom is -0.481 e. The number of carboxylic acid groups (broad SMARTS) is 1. The summed E-state index contributed by atoms with van der Waals surface area (Å²) in [5.41, 5.74) is 0. The van der Waals surface area contributed by atoms with Crippen molar-refractivity contribution in [2.75, 3.05) is 0 Å². The van der Waals surface area contributed by atoms with E-state index in [0.29, 0.717) is 6.42 Å². The van der Waals surface area contributed by atoms with Crippen LogP contribution in [0.4, 0.5) is 0 Å². The van der Waals surface area contributed by atoms with E-state index in [4.69, 9.17) is 5.11 Å². The Hall–Kier alpha value is -1.35. The van der Waals surface area contributed by atoms with Crippen LogP contribution < -0.4 is 0 Å². The van der Waals surface area contributed by atoms with Gasteiger partial charge in [0, 0.05) is 6.42 Å². The summed E-state index contributed by atoms with van der Waals surface area (Å²) in [5.74, 6) is -0.735. The molecular weight excluding hydrogens is 252 g/mol. The third-order valence-electron chi connectivity index (χ3n) is 2.88. The summed E-state index contributed by atoms with van der Waals surface area (Å²) in [5, 5.41) is 18.1. The van der Waals surface area contributed by atoms with Crippen molar-refractivity contribution in [2.45, 2.75) is 64.4 Å². The smallest absolute Gasteiger partial charge is 0.303 e. The molecule has 0 saturated heterocycles. The van der Waals surface area contributed by atoms with E-state index >= 15 is 0 Å². The second-order valence-electron chi connectivity index (χ2n) is 4.87. The number of hydrogen-bond donors (Lipinski definition) is 2. The second-order valence-corrected chi connectivity index (χ2v) is 4.87. The number of aliphatic carboxylic acids is 1. The van der Waals surface area contributed by atoms with E-state index in [1.54, 1.807) is 0 Å². The zero-order valence-electron chi connectivity index (χ0n) is 12.5. The zero-order chi connectivity index (χ0) is 15.1. The molecule has 3 heteroatoms. The number of rotatable bonds is 12. The Labute approximate surface area is 122 Å².